The van der Waals surface area contributed by atoms with Crippen molar-refractivity contribution in [3.8, 4) is 11.3 Å². The number of aromatic carboxylic acids is 1. The minimum atomic E-state index is -1.11. The van der Waals surface area contributed by atoms with Crippen molar-refractivity contribution < 1.29 is 18.7 Å². The standard InChI is InChI=1S/C19H14F2N2O2.C3H8/c1-11(16-5-3-7-18(23-16)19(24)25)15-4-2-6-17(22-15)13-9-8-12(20)10-14(13)21;1-3-2/h2-11H,1H3,(H,24,25);3H2,1-2H3. The number of carboxylic acids is 1. The molecule has 1 atom stereocenters. The van der Waals surface area contributed by atoms with Crippen molar-refractivity contribution >= 4 is 5.97 Å². The highest BCUT2D eigenvalue weighted by Gasteiger charge is 2.16. The fourth-order valence-corrected chi connectivity index (χ4v) is 2.50. The van der Waals surface area contributed by atoms with Gasteiger partial charge in [0, 0.05) is 23.2 Å². The Balaban J connectivity index is 0.000000878. The fourth-order valence-electron chi connectivity index (χ4n) is 2.50. The van der Waals surface area contributed by atoms with Crippen LogP contribution in [-0.2, 0) is 0 Å². The number of aromatic nitrogens is 2. The molecule has 146 valence electrons. The minimum absolute atomic E-state index is 0.0508. The lowest BCUT2D eigenvalue weighted by atomic mass is 10.0. The van der Waals surface area contributed by atoms with Crippen molar-refractivity contribution in [2.45, 2.75) is 33.1 Å². The van der Waals surface area contributed by atoms with Gasteiger partial charge in [-0.3, -0.25) is 4.98 Å². The van der Waals surface area contributed by atoms with Crippen LogP contribution >= 0.6 is 0 Å². The maximum Gasteiger partial charge on any atom is 0.354 e. The highest BCUT2D eigenvalue weighted by Crippen LogP contribution is 2.26. The van der Waals surface area contributed by atoms with Crippen LogP contribution < -0.4 is 0 Å². The quantitative estimate of drug-likeness (QED) is 0.628. The van der Waals surface area contributed by atoms with E-state index in [9.17, 15) is 13.6 Å². The molecular weight excluding hydrogens is 362 g/mol. The Bertz CT molecular complexity index is 961. The Kier molecular flexibility index (Phi) is 7.32. The summed E-state index contributed by atoms with van der Waals surface area (Å²) in [5.74, 6) is -2.74. The molecule has 0 spiro atoms. The third-order valence-corrected chi connectivity index (χ3v) is 3.85. The number of carbonyl (C=O) groups is 1. The molecule has 0 aliphatic carbocycles. The lowest BCUT2D eigenvalue weighted by Crippen LogP contribution is -2.07. The molecule has 28 heavy (non-hydrogen) atoms. The van der Waals surface area contributed by atoms with E-state index in [1.54, 1.807) is 30.3 Å². The third-order valence-electron chi connectivity index (χ3n) is 3.85. The Morgan fingerprint density at radius 3 is 2.21 bits per heavy atom. The third kappa shape index (κ3) is 5.19. The Hall–Kier alpha value is -3.15. The number of carboxylic acid groups (broad SMARTS) is 1. The van der Waals surface area contributed by atoms with Crippen molar-refractivity contribution in [2.75, 3.05) is 0 Å². The highest BCUT2D eigenvalue weighted by atomic mass is 19.1. The van der Waals surface area contributed by atoms with E-state index in [0.717, 1.165) is 6.07 Å². The molecular formula is C22H22F2N2O2. The maximum absolute atomic E-state index is 14.0. The number of hydrogen-bond acceptors (Lipinski definition) is 3. The number of benzene rings is 1. The van der Waals surface area contributed by atoms with E-state index in [1.165, 1.54) is 24.6 Å². The SMILES string of the molecule is CC(c1cccc(C(=O)O)n1)c1cccc(-c2ccc(F)cc2F)n1.CCC. The molecule has 0 bridgehead atoms. The van der Waals surface area contributed by atoms with E-state index in [1.807, 2.05) is 6.92 Å². The fraction of sp³-hybridized carbons (Fsp3) is 0.227. The smallest absolute Gasteiger partial charge is 0.354 e. The second-order valence-corrected chi connectivity index (χ2v) is 6.25. The van der Waals surface area contributed by atoms with Crippen molar-refractivity contribution in [2.24, 2.45) is 0 Å². The predicted octanol–water partition coefficient (Wildman–Crippen LogP) is 5.69. The van der Waals surface area contributed by atoms with Crippen molar-refractivity contribution in [3.05, 3.63) is 83.3 Å². The lowest BCUT2D eigenvalue weighted by molar-refractivity contribution is 0.0690. The van der Waals surface area contributed by atoms with Crippen LogP contribution in [0.5, 0.6) is 0 Å². The zero-order valence-electron chi connectivity index (χ0n) is 16.0. The van der Waals surface area contributed by atoms with Crippen molar-refractivity contribution in [1.82, 2.24) is 9.97 Å². The summed E-state index contributed by atoms with van der Waals surface area (Å²) < 4.78 is 27.1. The second kappa shape index (κ2) is 9.69. The van der Waals surface area contributed by atoms with E-state index in [4.69, 9.17) is 5.11 Å². The van der Waals surface area contributed by atoms with Crippen LogP contribution in [0, 0.1) is 11.6 Å². The van der Waals surface area contributed by atoms with Gasteiger partial charge in [-0.2, -0.15) is 0 Å². The summed E-state index contributed by atoms with van der Waals surface area (Å²) in [5, 5.41) is 9.06. The van der Waals surface area contributed by atoms with Gasteiger partial charge in [0.05, 0.1) is 11.4 Å². The number of rotatable bonds is 4. The van der Waals surface area contributed by atoms with Gasteiger partial charge in [0.15, 0.2) is 0 Å². The van der Waals surface area contributed by atoms with Gasteiger partial charge in [-0.05, 0) is 36.4 Å². The molecule has 0 fully saturated rings. The van der Waals surface area contributed by atoms with E-state index in [0.29, 0.717) is 17.1 Å². The molecule has 2 aromatic heterocycles. The summed E-state index contributed by atoms with van der Waals surface area (Å²) in [6, 6.07) is 13.2. The average Bonchev–Trinajstić information content (AvgIpc) is 2.68. The molecule has 1 N–H and O–H groups in total. The Labute approximate surface area is 162 Å². The summed E-state index contributed by atoms with van der Waals surface area (Å²) >= 11 is 0. The van der Waals surface area contributed by atoms with Gasteiger partial charge in [-0.1, -0.05) is 39.3 Å². The Morgan fingerprint density at radius 1 is 1.00 bits per heavy atom. The molecule has 0 saturated heterocycles. The molecule has 6 heteroatoms. The van der Waals surface area contributed by atoms with E-state index < -0.39 is 17.6 Å². The number of nitrogens with zero attached hydrogens (tertiary/aromatic N) is 2. The van der Waals surface area contributed by atoms with Gasteiger partial charge in [0.1, 0.15) is 17.3 Å². The molecule has 0 aliphatic rings. The van der Waals surface area contributed by atoms with Gasteiger partial charge in [0.25, 0.3) is 0 Å². The molecule has 0 radical (unpaired) electrons. The van der Waals surface area contributed by atoms with Crippen LogP contribution in [0.15, 0.2) is 54.6 Å². The molecule has 2 heterocycles. The number of hydrogen-bond donors (Lipinski definition) is 1. The zero-order chi connectivity index (χ0) is 20.7. The molecule has 3 rings (SSSR count). The van der Waals surface area contributed by atoms with Crippen LogP contribution in [0.3, 0.4) is 0 Å². The topological polar surface area (TPSA) is 63.1 Å². The molecule has 0 amide bonds. The predicted molar refractivity (Wildman–Crippen MR) is 104 cm³/mol. The van der Waals surface area contributed by atoms with E-state index in [2.05, 4.69) is 23.8 Å². The summed E-state index contributed by atoms with van der Waals surface area (Å²) in [7, 11) is 0. The highest BCUT2D eigenvalue weighted by molar-refractivity contribution is 5.85. The first kappa shape index (κ1) is 21.2. The molecule has 1 aromatic carbocycles. The van der Waals surface area contributed by atoms with E-state index in [-0.39, 0.29) is 17.2 Å². The van der Waals surface area contributed by atoms with Gasteiger partial charge >= 0.3 is 5.97 Å². The Morgan fingerprint density at radius 2 is 1.61 bits per heavy atom. The second-order valence-electron chi connectivity index (χ2n) is 6.25. The van der Waals surface area contributed by atoms with Gasteiger partial charge < -0.3 is 5.11 Å². The molecule has 0 saturated carbocycles. The van der Waals surface area contributed by atoms with E-state index >= 15 is 0 Å². The summed E-state index contributed by atoms with van der Waals surface area (Å²) in [4.78, 5) is 19.6. The first-order chi connectivity index (χ1) is 13.4. The van der Waals surface area contributed by atoms with Crippen molar-refractivity contribution in [3.63, 3.8) is 0 Å². The first-order valence-corrected chi connectivity index (χ1v) is 9.00. The maximum atomic E-state index is 14.0. The average molecular weight is 384 g/mol. The minimum Gasteiger partial charge on any atom is -0.477 e. The van der Waals surface area contributed by atoms with Crippen LogP contribution in [0.25, 0.3) is 11.3 Å². The zero-order valence-corrected chi connectivity index (χ0v) is 16.0. The van der Waals surface area contributed by atoms with Gasteiger partial charge in [-0.15, -0.1) is 0 Å². The van der Waals surface area contributed by atoms with Crippen LogP contribution in [0.2, 0.25) is 0 Å². The summed E-state index contributed by atoms with van der Waals surface area (Å²) in [6.07, 6.45) is 1.25. The van der Waals surface area contributed by atoms with Crippen LogP contribution in [-0.4, -0.2) is 21.0 Å². The molecule has 3 aromatic rings. The monoisotopic (exact) mass is 384 g/mol. The van der Waals surface area contributed by atoms with Crippen LogP contribution in [0.4, 0.5) is 8.78 Å². The normalized spacial score (nSPS) is 11.3. The van der Waals surface area contributed by atoms with Gasteiger partial charge in [0.2, 0.25) is 0 Å². The lowest BCUT2D eigenvalue weighted by Gasteiger charge is -2.13. The molecule has 0 aliphatic heterocycles. The number of halogens is 2. The summed E-state index contributed by atoms with van der Waals surface area (Å²) in [5.41, 5.74) is 1.67. The van der Waals surface area contributed by atoms with Crippen molar-refractivity contribution in [1.29, 1.82) is 0 Å². The number of pyridine rings is 2. The molecule has 4 nitrogen and oxygen atoms in total. The summed E-state index contributed by atoms with van der Waals surface area (Å²) in [6.45, 7) is 6.08. The largest absolute Gasteiger partial charge is 0.477 e. The molecule has 1 unspecified atom stereocenters. The first-order valence-electron chi connectivity index (χ1n) is 9.00. The van der Waals surface area contributed by atoms with Gasteiger partial charge in [-0.25, -0.2) is 18.6 Å². The van der Waals surface area contributed by atoms with Crippen LogP contribution in [0.1, 0.15) is 55.0 Å².